The van der Waals surface area contributed by atoms with Crippen LogP contribution in [0.1, 0.15) is 25.5 Å². The lowest BCUT2D eigenvalue weighted by Gasteiger charge is -2.26. The normalized spacial score (nSPS) is 14.6. The Morgan fingerprint density at radius 2 is 1.94 bits per heavy atom. The van der Waals surface area contributed by atoms with Crippen molar-refractivity contribution in [3.05, 3.63) is 23.8 Å². The Morgan fingerprint density at radius 3 is 2.38 bits per heavy atom. The van der Waals surface area contributed by atoms with Gasteiger partial charge in [0.25, 0.3) is 0 Å². The summed E-state index contributed by atoms with van der Waals surface area (Å²) in [6.07, 6.45) is -0.686. The minimum Gasteiger partial charge on any atom is -0.507 e. The molecule has 1 rings (SSSR count). The van der Waals surface area contributed by atoms with Crippen LogP contribution in [0, 0.1) is 0 Å². The zero-order chi connectivity index (χ0) is 12.3. The highest BCUT2D eigenvalue weighted by Crippen LogP contribution is 2.29. The maximum Gasteiger partial charge on any atom is 0.123 e. The van der Waals surface area contributed by atoms with Crippen molar-refractivity contribution in [2.45, 2.75) is 26.0 Å². The van der Waals surface area contributed by atoms with Gasteiger partial charge in [0.1, 0.15) is 5.75 Å². The average Bonchev–Trinajstić information content (AvgIpc) is 2.26. The molecule has 2 atom stereocenters. The first-order chi connectivity index (χ1) is 7.47. The van der Waals surface area contributed by atoms with Crippen LogP contribution in [0.25, 0.3) is 0 Å². The van der Waals surface area contributed by atoms with E-state index < -0.39 is 6.10 Å². The van der Waals surface area contributed by atoms with Gasteiger partial charge in [0.2, 0.25) is 0 Å². The standard InChI is InChI=1S/C12H19NO3/c1-8(7-14)13(3)10-4-5-11(9(2)15)12(16)6-10/h4-6,8-9,14-16H,7H2,1-3H3. The Kier molecular flexibility index (Phi) is 4.15. The van der Waals surface area contributed by atoms with Gasteiger partial charge in [-0.2, -0.15) is 0 Å². The Labute approximate surface area is 95.8 Å². The highest BCUT2D eigenvalue weighted by atomic mass is 16.3. The molecule has 16 heavy (non-hydrogen) atoms. The molecule has 0 aromatic heterocycles. The van der Waals surface area contributed by atoms with Crippen LogP contribution >= 0.6 is 0 Å². The minimum atomic E-state index is -0.686. The van der Waals surface area contributed by atoms with Crippen LogP contribution in [0.5, 0.6) is 5.75 Å². The second-order valence-corrected chi connectivity index (χ2v) is 4.06. The Bertz CT molecular complexity index is 352. The summed E-state index contributed by atoms with van der Waals surface area (Å²) >= 11 is 0. The van der Waals surface area contributed by atoms with Crippen molar-refractivity contribution < 1.29 is 15.3 Å². The van der Waals surface area contributed by atoms with Gasteiger partial charge in [0.15, 0.2) is 0 Å². The van der Waals surface area contributed by atoms with Gasteiger partial charge in [0.05, 0.1) is 12.7 Å². The molecular weight excluding hydrogens is 206 g/mol. The maximum absolute atomic E-state index is 9.72. The number of nitrogens with zero attached hydrogens (tertiary/aromatic N) is 1. The third kappa shape index (κ3) is 2.65. The molecule has 3 N–H and O–H groups in total. The van der Waals surface area contributed by atoms with E-state index in [1.165, 1.54) is 0 Å². The van der Waals surface area contributed by atoms with Crippen molar-refractivity contribution in [3.8, 4) is 5.75 Å². The second-order valence-electron chi connectivity index (χ2n) is 4.06. The molecule has 0 fully saturated rings. The molecular formula is C12H19NO3. The van der Waals surface area contributed by atoms with E-state index in [0.29, 0.717) is 5.56 Å². The predicted molar refractivity (Wildman–Crippen MR) is 63.7 cm³/mol. The molecule has 0 saturated carbocycles. The summed E-state index contributed by atoms with van der Waals surface area (Å²) in [4.78, 5) is 1.87. The van der Waals surface area contributed by atoms with Crippen molar-refractivity contribution in [3.63, 3.8) is 0 Å². The summed E-state index contributed by atoms with van der Waals surface area (Å²) in [6.45, 7) is 3.55. The SMILES string of the molecule is CC(O)c1ccc(N(C)C(C)CO)cc1O. The van der Waals surface area contributed by atoms with Crippen molar-refractivity contribution >= 4 is 5.69 Å². The van der Waals surface area contributed by atoms with Crippen LogP contribution in [0.4, 0.5) is 5.69 Å². The van der Waals surface area contributed by atoms with E-state index in [4.69, 9.17) is 5.11 Å². The van der Waals surface area contributed by atoms with E-state index >= 15 is 0 Å². The lowest BCUT2D eigenvalue weighted by Crippen LogP contribution is -2.31. The van der Waals surface area contributed by atoms with Crippen molar-refractivity contribution in [2.75, 3.05) is 18.6 Å². The van der Waals surface area contributed by atoms with E-state index in [-0.39, 0.29) is 18.4 Å². The number of aliphatic hydroxyl groups is 2. The van der Waals surface area contributed by atoms with Crippen molar-refractivity contribution in [1.29, 1.82) is 0 Å². The van der Waals surface area contributed by atoms with E-state index in [2.05, 4.69) is 0 Å². The first-order valence-electron chi connectivity index (χ1n) is 5.32. The monoisotopic (exact) mass is 225 g/mol. The summed E-state index contributed by atoms with van der Waals surface area (Å²) in [5.41, 5.74) is 1.32. The highest BCUT2D eigenvalue weighted by molar-refractivity contribution is 5.53. The molecule has 0 aliphatic carbocycles. The zero-order valence-corrected chi connectivity index (χ0v) is 9.88. The fraction of sp³-hybridized carbons (Fsp3) is 0.500. The summed E-state index contributed by atoms with van der Waals surface area (Å²) in [6, 6.07) is 5.08. The maximum atomic E-state index is 9.72. The third-order valence-corrected chi connectivity index (χ3v) is 2.80. The van der Waals surface area contributed by atoms with Gasteiger partial charge in [0, 0.05) is 30.4 Å². The molecule has 1 aromatic carbocycles. The van der Waals surface area contributed by atoms with Crippen molar-refractivity contribution in [2.24, 2.45) is 0 Å². The van der Waals surface area contributed by atoms with Gasteiger partial charge in [-0.25, -0.2) is 0 Å². The van der Waals surface area contributed by atoms with E-state index in [1.807, 2.05) is 24.9 Å². The summed E-state index contributed by atoms with van der Waals surface area (Å²) in [5, 5.41) is 28.1. The number of anilines is 1. The van der Waals surface area contributed by atoms with Gasteiger partial charge in [-0.3, -0.25) is 0 Å². The fourth-order valence-electron chi connectivity index (χ4n) is 1.48. The number of phenolic OH excluding ortho intramolecular Hbond substituents is 1. The minimum absolute atomic E-state index is 0.0169. The molecule has 0 radical (unpaired) electrons. The van der Waals surface area contributed by atoms with Gasteiger partial charge in [-0.05, 0) is 19.9 Å². The van der Waals surface area contributed by atoms with Gasteiger partial charge < -0.3 is 20.2 Å². The second kappa shape index (κ2) is 5.18. The van der Waals surface area contributed by atoms with Crippen LogP contribution in [0.2, 0.25) is 0 Å². The number of rotatable bonds is 4. The highest BCUT2D eigenvalue weighted by Gasteiger charge is 2.12. The van der Waals surface area contributed by atoms with Crippen LogP contribution < -0.4 is 4.90 Å². The zero-order valence-electron chi connectivity index (χ0n) is 9.88. The summed E-state index contributed by atoms with van der Waals surface area (Å²) < 4.78 is 0. The third-order valence-electron chi connectivity index (χ3n) is 2.80. The van der Waals surface area contributed by atoms with Gasteiger partial charge >= 0.3 is 0 Å². The molecule has 0 spiro atoms. The largest absolute Gasteiger partial charge is 0.507 e. The number of aliphatic hydroxyl groups excluding tert-OH is 2. The molecule has 4 heteroatoms. The van der Waals surface area contributed by atoms with E-state index in [1.54, 1.807) is 19.1 Å². The van der Waals surface area contributed by atoms with Crippen LogP contribution in [0.3, 0.4) is 0 Å². The molecule has 0 heterocycles. The lowest BCUT2D eigenvalue weighted by atomic mass is 10.1. The number of hydrogen-bond acceptors (Lipinski definition) is 4. The fourth-order valence-corrected chi connectivity index (χ4v) is 1.48. The number of phenols is 1. The molecule has 2 unspecified atom stereocenters. The molecule has 0 aliphatic rings. The predicted octanol–water partition coefficient (Wildman–Crippen LogP) is 1.26. The van der Waals surface area contributed by atoms with Crippen molar-refractivity contribution in [1.82, 2.24) is 0 Å². The molecule has 0 saturated heterocycles. The number of benzene rings is 1. The summed E-state index contributed by atoms with van der Waals surface area (Å²) in [5.74, 6) is 0.0736. The molecule has 90 valence electrons. The quantitative estimate of drug-likeness (QED) is 0.722. The first-order valence-corrected chi connectivity index (χ1v) is 5.32. The Morgan fingerprint density at radius 1 is 1.31 bits per heavy atom. The number of likely N-dealkylation sites (N-methyl/N-ethyl adjacent to an activating group) is 1. The van der Waals surface area contributed by atoms with Gasteiger partial charge in [-0.15, -0.1) is 0 Å². The van der Waals surface area contributed by atoms with E-state index in [0.717, 1.165) is 5.69 Å². The van der Waals surface area contributed by atoms with Crippen LogP contribution in [0.15, 0.2) is 18.2 Å². The lowest BCUT2D eigenvalue weighted by molar-refractivity contribution is 0.195. The topological polar surface area (TPSA) is 63.9 Å². The summed E-state index contributed by atoms with van der Waals surface area (Å²) in [7, 11) is 1.84. The molecule has 1 aromatic rings. The number of aromatic hydroxyl groups is 1. The van der Waals surface area contributed by atoms with Gasteiger partial charge in [-0.1, -0.05) is 6.07 Å². The number of hydrogen-bond donors (Lipinski definition) is 3. The van der Waals surface area contributed by atoms with E-state index in [9.17, 15) is 10.2 Å². The molecule has 0 amide bonds. The van der Waals surface area contributed by atoms with Crippen LogP contribution in [-0.2, 0) is 0 Å². The average molecular weight is 225 g/mol. The Hall–Kier alpha value is -1.26. The first kappa shape index (κ1) is 12.8. The molecule has 4 nitrogen and oxygen atoms in total. The molecule has 0 bridgehead atoms. The Balaban J connectivity index is 2.97. The smallest absolute Gasteiger partial charge is 0.123 e. The van der Waals surface area contributed by atoms with Crippen LogP contribution in [-0.4, -0.2) is 35.0 Å². The molecule has 0 aliphatic heterocycles.